The van der Waals surface area contributed by atoms with Gasteiger partial charge in [-0.3, -0.25) is 9.69 Å². The Bertz CT molecular complexity index is 652. The van der Waals surface area contributed by atoms with E-state index in [4.69, 9.17) is 9.47 Å². The van der Waals surface area contributed by atoms with Crippen LogP contribution in [0, 0.1) is 23.5 Å². The first-order valence-electron chi connectivity index (χ1n) is 8.77. The van der Waals surface area contributed by atoms with Crippen molar-refractivity contribution in [2.75, 3.05) is 59.7 Å². The highest BCUT2D eigenvalue weighted by atomic mass is 19.2. The van der Waals surface area contributed by atoms with Crippen LogP contribution < -0.4 is 4.74 Å². The van der Waals surface area contributed by atoms with Gasteiger partial charge in [0.1, 0.15) is 0 Å². The van der Waals surface area contributed by atoms with Crippen LogP contribution in [0.15, 0.2) is 12.1 Å². The van der Waals surface area contributed by atoms with Gasteiger partial charge in [0.15, 0.2) is 11.6 Å². The van der Waals surface area contributed by atoms with Gasteiger partial charge in [-0.25, -0.2) is 4.39 Å². The molecule has 8 heteroatoms. The Labute approximate surface area is 151 Å². The van der Waals surface area contributed by atoms with Crippen molar-refractivity contribution in [2.45, 2.75) is 0 Å². The third kappa shape index (κ3) is 3.82. The molecule has 2 saturated heterocycles. The smallest absolute Gasteiger partial charge is 0.256 e. The summed E-state index contributed by atoms with van der Waals surface area (Å²) in [6.45, 7) is 4.44. The van der Waals surface area contributed by atoms with Gasteiger partial charge in [0.2, 0.25) is 5.82 Å². The maximum Gasteiger partial charge on any atom is 0.256 e. The number of methoxy groups -OCH3 is 1. The largest absolute Gasteiger partial charge is 0.494 e. The molecule has 2 atom stereocenters. The van der Waals surface area contributed by atoms with Crippen molar-refractivity contribution >= 4 is 5.91 Å². The van der Waals surface area contributed by atoms with Crippen molar-refractivity contribution < 1.29 is 28.2 Å². The second-order valence-electron chi connectivity index (χ2n) is 6.77. The molecule has 2 fully saturated rings. The zero-order valence-corrected chi connectivity index (χ0v) is 14.8. The molecule has 1 aromatic carbocycles. The van der Waals surface area contributed by atoms with Gasteiger partial charge in [0, 0.05) is 45.2 Å². The predicted octanol–water partition coefficient (Wildman–Crippen LogP) is 0.986. The normalized spacial score (nSPS) is 24.1. The second kappa shape index (κ2) is 8.28. The molecule has 0 spiro atoms. The first kappa shape index (κ1) is 19.0. The lowest BCUT2D eigenvalue weighted by Gasteiger charge is -2.30. The summed E-state index contributed by atoms with van der Waals surface area (Å²) in [5.74, 6) is -3.15. The van der Waals surface area contributed by atoms with Crippen molar-refractivity contribution in [1.82, 2.24) is 9.80 Å². The number of aliphatic hydroxyl groups is 1. The number of carbonyl (C=O) groups is 1. The molecule has 1 amide bonds. The average molecular weight is 370 g/mol. The topological polar surface area (TPSA) is 62.2 Å². The van der Waals surface area contributed by atoms with E-state index in [0.29, 0.717) is 26.3 Å². The van der Waals surface area contributed by atoms with E-state index < -0.39 is 17.5 Å². The number of amides is 1. The van der Waals surface area contributed by atoms with E-state index in [1.807, 2.05) is 0 Å². The van der Waals surface area contributed by atoms with Gasteiger partial charge in [-0.05, 0) is 18.1 Å². The van der Waals surface area contributed by atoms with Crippen LogP contribution in [0.2, 0.25) is 0 Å². The number of nitrogens with zero attached hydrogens (tertiary/aromatic N) is 2. The minimum absolute atomic E-state index is 0.0434. The van der Waals surface area contributed by atoms with Crippen LogP contribution in [0.1, 0.15) is 10.4 Å². The quantitative estimate of drug-likeness (QED) is 0.838. The minimum atomic E-state index is -1.20. The lowest BCUT2D eigenvalue weighted by Crippen LogP contribution is -2.41. The highest BCUT2D eigenvalue weighted by Crippen LogP contribution is 2.28. The van der Waals surface area contributed by atoms with E-state index in [-0.39, 0.29) is 29.8 Å². The van der Waals surface area contributed by atoms with Crippen molar-refractivity contribution in [3.05, 3.63) is 29.3 Å². The molecule has 0 aliphatic carbocycles. The number of carbonyl (C=O) groups excluding carboxylic acids is 1. The van der Waals surface area contributed by atoms with Crippen molar-refractivity contribution in [2.24, 2.45) is 11.8 Å². The van der Waals surface area contributed by atoms with Crippen LogP contribution in [-0.2, 0) is 4.74 Å². The van der Waals surface area contributed by atoms with Crippen LogP contribution in [0.5, 0.6) is 5.75 Å². The first-order chi connectivity index (χ1) is 12.5. The van der Waals surface area contributed by atoms with E-state index in [9.17, 15) is 18.7 Å². The monoisotopic (exact) mass is 370 g/mol. The lowest BCUT2D eigenvalue weighted by atomic mass is 9.96. The molecular weight excluding hydrogens is 346 g/mol. The van der Waals surface area contributed by atoms with Crippen molar-refractivity contribution in [3.63, 3.8) is 0 Å². The number of likely N-dealkylation sites (tertiary alicyclic amines) is 1. The molecule has 26 heavy (non-hydrogen) atoms. The molecule has 1 N–H and O–H groups in total. The Morgan fingerprint density at radius 1 is 1.23 bits per heavy atom. The molecule has 2 aliphatic rings. The summed E-state index contributed by atoms with van der Waals surface area (Å²) < 4.78 is 38.2. The fraction of sp³-hybridized carbons (Fsp3) is 0.611. The number of benzene rings is 1. The van der Waals surface area contributed by atoms with Gasteiger partial charge in [-0.15, -0.1) is 0 Å². The lowest BCUT2D eigenvalue weighted by molar-refractivity contribution is 0.0264. The van der Waals surface area contributed by atoms with Gasteiger partial charge in [0.25, 0.3) is 5.91 Å². The number of ether oxygens (including phenoxy) is 2. The maximum absolute atomic E-state index is 14.2. The third-order valence-corrected chi connectivity index (χ3v) is 5.19. The number of rotatable bonds is 5. The molecule has 0 radical (unpaired) electrons. The Kier molecular flexibility index (Phi) is 6.05. The predicted molar refractivity (Wildman–Crippen MR) is 90.1 cm³/mol. The van der Waals surface area contributed by atoms with Crippen molar-refractivity contribution in [1.29, 1.82) is 0 Å². The van der Waals surface area contributed by atoms with Crippen LogP contribution in [0.25, 0.3) is 0 Å². The van der Waals surface area contributed by atoms with Gasteiger partial charge < -0.3 is 19.5 Å². The number of aliphatic hydroxyl groups excluding tert-OH is 1. The van der Waals surface area contributed by atoms with E-state index in [0.717, 1.165) is 19.6 Å². The fourth-order valence-electron chi connectivity index (χ4n) is 3.66. The summed E-state index contributed by atoms with van der Waals surface area (Å²) in [6, 6.07) is 2.49. The second-order valence-corrected chi connectivity index (χ2v) is 6.77. The number of morpholine rings is 1. The van der Waals surface area contributed by atoms with Gasteiger partial charge in [-0.2, -0.15) is 4.39 Å². The highest BCUT2D eigenvalue weighted by molar-refractivity contribution is 5.95. The molecule has 3 rings (SSSR count). The summed E-state index contributed by atoms with van der Waals surface area (Å²) in [5, 5.41) is 9.67. The minimum Gasteiger partial charge on any atom is -0.494 e. The van der Waals surface area contributed by atoms with E-state index in [1.54, 1.807) is 0 Å². The fourth-order valence-corrected chi connectivity index (χ4v) is 3.66. The summed E-state index contributed by atoms with van der Waals surface area (Å²) in [6.07, 6.45) is 0. The summed E-state index contributed by atoms with van der Waals surface area (Å²) in [7, 11) is 1.24. The number of halogens is 2. The molecule has 0 bridgehead atoms. The molecule has 144 valence electrons. The summed E-state index contributed by atoms with van der Waals surface area (Å²) in [4.78, 5) is 16.4. The molecule has 6 nitrogen and oxygen atoms in total. The zero-order chi connectivity index (χ0) is 18.7. The summed E-state index contributed by atoms with van der Waals surface area (Å²) >= 11 is 0. The Morgan fingerprint density at radius 2 is 1.92 bits per heavy atom. The van der Waals surface area contributed by atoms with Crippen LogP contribution >= 0.6 is 0 Å². The Hall–Kier alpha value is -1.77. The molecule has 0 saturated carbocycles. The molecule has 1 aromatic rings. The average Bonchev–Trinajstić information content (AvgIpc) is 3.07. The van der Waals surface area contributed by atoms with E-state index >= 15 is 0 Å². The standard InChI is InChI=1S/C18H24F2N2O4/c1-25-15-3-2-14(16(19)17(15)20)18(24)22-9-12(13(10-22)11-23)8-21-4-6-26-7-5-21/h2-3,12-13,23H,4-11H2,1H3/t12-,13-/m0/s1. The molecule has 0 aromatic heterocycles. The van der Waals surface area contributed by atoms with Gasteiger partial charge >= 0.3 is 0 Å². The van der Waals surface area contributed by atoms with E-state index in [1.165, 1.54) is 24.1 Å². The molecular formula is C18H24F2N2O4. The molecule has 0 unspecified atom stereocenters. The van der Waals surface area contributed by atoms with Crippen LogP contribution in [0.3, 0.4) is 0 Å². The van der Waals surface area contributed by atoms with Crippen LogP contribution in [0.4, 0.5) is 8.78 Å². The zero-order valence-electron chi connectivity index (χ0n) is 14.8. The molecule has 2 aliphatic heterocycles. The summed E-state index contributed by atoms with van der Waals surface area (Å²) in [5.41, 5.74) is -0.313. The number of hydrogen-bond acceptors (Lipinski definition) is 5. The Morgan fingerprint density at radius 3 is 2.58 bits per heavy atom. The number of hydrogen-bond donors (Lipinski definition) is 1. The molecule has 2 heterocycles. The third-order valence-electron chi connectivity index (χ3n) is 5.19. The van der Waals surface area contributed by atoms with Gasteiger partial charge in [0.05, 0.1) is 25.9 Å². The van der Waals surface area contributed by atoms with Gasteiger partial charge in [-0.1, -0.05) is 0 Å². The highest BCUT2D eigenvalue weighted by Gasteiger charge is 2.37. The van der Waals surface area contributed by atoms with E-state index in [2.05, 4.69) is 4.90 Å². The Balaban J connectivity index is 1.71. The maximum atomic E-state index is 14.2. The van der Waals surface area contributed by atoms with Crippen LogP contribution in [-0.4, -0.2) is 80.5 Å². The first-order valence-corrected chi connectivity index (χ1v) is 8.77. The SMILES string of the molecule is COc1ccc(C(=O)N2C[C@@H](CO)[C@@H](CN3CCOCC3)C2)c(F)c1F. The van der Waals surface area contributed by atoms with Crippen molar-refractivity contribution in [3.8, 4) is 5.75 Å².